The Labute approximate surface area is 331 Å². The first-order valence-electron chi connectivity index (χ1n) is 19.0. The minimum atomic E-state index is 0.590. The molecule has 10 rings (SSSR count). The zero-order valence-electron chi connectivity index (χ0n) is 30.9. The maximum absolute atomic E-state index is 8.08. The normalized spacial score (nSPS) is 11.1. The molecule has 0 aliphatic rings. The Bertz CT molecular complexity index is 3060. The maximum atomic E-state index is 8.08. The number of nitrogens with zero attached hydrogens (tertiary/aromatic N) is 4. The minimum absolute atomic E-state index is 0.590. The second-order valence-electron chi connectivity index (χ2n) is 14.1. The summed E-state index contributed by atoms with van der Waals surface area (Å²) in [6.45, 7) is 8.08. The highest BCUT2D eigenvalue weighted by Crippen LogP contribution is 2.40. The van der Waals surface area contributed by atoms with Crippen LogP contribution in [0.2, 0.25) is 0 Å². The molecule has 266 valence electrons. The lowest BCUT2D eigenvalue weighted by Gasteiger charge is -2.15. The van der Waals surface area contributed by atoms with Gasteiger partial charge in [-0.05, 0) is 75.8 Å². The van der Waals surface area contributed by atoms with E-state index in [9.17, 15) is 0 Å². The van der Waals surface area contributed by atoms with Crippen LogP contribution in [-0.4, -0.2) is 14.5 Å². The zero-order chi connectivity index (χ0) is 38.1. The first-order valence-corrected chi connectivity index (χ1v) is 19.0. The molecule has 2 aromatic heterocycles. The van der Waals surface area contributed by atoms with E-state index in [1.165, 1.54) is 16.5 Å². The van der Waals surface area contributed by atoms with E-state index >= 15 is 0 Å². The first kappa shape index (κ1) is 33.7. The predicted octanol–water partition coefficient (Wildman–Crippen LogP) is 14.1. The van der Waals surface area contributed by atoms with Gasteiger partial charge in [0.15, 0.2) is 11.5 Å². The van der Waals surface area contributed by atoms with Crippen molar-refractivity contribution in [1.82, 2.24) is 14.5 Å². The number of para-hydroxylation sites is 2. The van der Waals surface area contributed by atoms with Crippen molar-refractivity contribution in [2.45, 2.75) is 0 Å². The van der Waals surface area contributed by atoms with E-state index in [1.54, 1.807) is 0 Å². The lowest BCUT2D eigenvalue weighted by Crippen LogP contribution is -1.99. The predicted molar refractivity (Wildman–Crippen MR) is 235 cm³/mol. The monoisotopic (exact) mass is 726 g/mol. The minimum Gasteiger partial charge on any atom is -0.309 e. The summed E-state index contributed by atoms with van der Waals surface area (Å²) in [5, 5.41) is 2.33. The molecule has 0 unspecified atom stereocenters. The molecule has 10 aromatic rings. The topological polar surface area (TPSA) is 35.1 Å². The summed E-state index contributed by atoms with van der Waals surface area (Å²) in [4.78, 5) is 14.4. The van der Waals surface area contributed by atoms with Gasteiger partial charge < -0.3 is 4.57 Å². The SMILES string of the molecule is [C-]#[N+]c1ccccc1-c1cc(-c2nc(-c3ccccc3)cc(-c3ccccc3)n2)cc(-n2c3ccccc3c3ccc(-c4cccc(-c5ccccc5)c4)cc32)c1. The number of hydrogen-bond donors (Lipinski definition) is 0. The molecule has 0 saturated carbocycles. The molecule has 0 spiro atoms. The van der Waals surface area contributed by atoms with Crippen LogP contribution in [0.3, 0.4) is 0 Å². The van der Waals surface area contributed by atoms with Crippen molar-refractivity contribution < 1.29 is 0 Å². The molecule has 4 nitrogen and oxygen atoms in total. The number of benzene rings is 8. The summed E-state index contributed by atoms with van der Waals surface area (Å²) in [6.07, 6.45) is 0. The van der Waals surface area contributed by atoms with Crippen molar-refractivity contribution in [2.24, 2.45) is 0 Å². The van der Waals surface area contributed by atoms with Gasteiger partial charge in [-0.25, -0.2) is 14.8 Å². The van der Waals surface area contributed by atoms with Gasteiger partial charge in [0.2, 0.25) is 0 Å². The molecule has 8 aromatic carbocycles. The van der Waals surface area contributed by atoms with Crippen LogP contribution >= 0.6 is 0 Å². The van der Waals surface area contributed by atoms with Crippen LogP contribution in [0.25, 0.3) is 99.6 Å². The van der Waals surface area contributed by atoms with E-state index < -0.39 is 0 Å². The van der Waals surface area contributed by atoms with Crippen molar-refractivity contribution >= 4 is 27.5 Å². The number of hydrogen-bond acceptors (Lipinski definition) is 2. The highest BCUT2D eigenvalue weighted by molar-refractivity contribution is 6.10. The maximum Gasteiger partial charge on any atom is 0.194 e. The van der Waals surface area contributed by atoms with Gasteiger partial charge in [-0.3, -0.25) is 0 Å². The van der Waals surface area contributed by atoms with Gasteiger partial charge in [0, 0.05) is 33.2 Å². The fourth-order valence-electron chi connectivity index (χ4n) is 7.87. The standard InChI is InChI=1S/C53H34N4/c1-54-48-26-13-11-24-45(48)42-31-43(53-55-49(37-18-7-3-8-19-37)35-50(56-53)38-20-9-4-10-21-38)33-44(32-42)57-51-27-14-12-25-46(51)47-29-28-41(34-52(47)57)40-23-15-22-39(30-40)36-16-5-2-6-17-36/h2-35H. The third-order valence-corrected chi connectivity index (χ3v) is 10.6. The summed E-state index contributed by atoms with van der Waals surface area (Å²) in [5.74, 6) is 0.609. The van der Waals surface area contributed by atoms with E-state index in [1.807, 2.05) is 60.7 Å². The molecule has 0 atom stereocenters. The second kappa shape index (κ2) is 14.4. The van der Waals surface area contributed by atoms with E-state index in [2.05, 4.69) is 155 Å². The van der Waals surface area contributed by atoms with Crippen LogP contribution in [0.1, 0.15) is 0 Å². The number of aromatic nitrogens is 3. The van der Waals surface area contributed by atoms with Crippen LogP contribution in [0.5, 0.6) is 0 Å². The van der Waals surface area contributed by atoms with Gasteiger partial charge in [0.05, 0.1) is 29.0 Å². The molecular weight excluding hydrogens is 693 g/mol. The third-order valence-electron chi connectivity index (χ3n) is 10.6. The van der Waals surface area contributed by atoms with Crippen LogP contribution in [0.15, 0.2) is 206 Å². The van der Waals surface area contributed by atoms with E-state index in [-0.39, 0.29) is 0 Å². The lowest BCUT2D eigenvalue weighted by molar-refractivity contribution is 1.16. The first-order chi connectivity index (χ1) is 28.2. The van der Waals surface area contributed by atoms with Crippen LogP contribution in [-0.2, 0) is 0 Å². The van der Waals surface area contributed by atoms with Crippen molar-refractivity contribution in [3.05, 3.63) is 218 Å². The quantitative estimate of drug-likeness (QED) is 0.153. The molecule has 0 amide bonds. The van der Waals surface area contributed by atoms with Crippen LogP contribution in [0.4, 0.5) is 5.69 Å². The van der Waals surface area contributed by atoms with Crippen molar-refractivity contribution in [3.63, 3.8) is 0 Å². The summed E-state index contributed by atoms with van der Waals surface area (Å²) in [6, 6.07) is 71.5. The Kier molecular flexibility index (Phi) is 8.52. The average molecular weight is 727 g/mol. The highest BCUT2D eigenvalue weighted by atomic mass is 15.0. The van der Waals surface area contributed by atoms with Crippen molar-refractivity contribution in [3.8, 4) is 73.0 Å². The molecule has 2 heterocycles. The summed E-state index contributed by atoms with van der Waals surface area (Å²) in [7, 11) is 0. The van der Waals surface area contributed by atoms with E-state index in [0.717, 1.165) is 72.4 Å². The Morgan fingerprint density at radius 3 is 1.60 bits per heavy atom. The molecule has 0 aliphatic carbocycles. The van der Waals surface area contributed by atoms with Gasteiger partial charge in [-0.1, -0.05) is 164 Å². The largest absolute Gasteiger partial charge is 0.309 e. The molecule has 0 N–H and O–H groups in total. The molecule has 0 bridgehead atoms. The summed E-state index contributed by atoms with van der Waals surface area (Å²) < 4.78 is 2.35. The molecule has 0 radical (unpaired) electrons. The summed E-state index contributed by atoms with van der Waals surface area (Å²) in [5.41, 5.74) is 14.7. The number of fused-ring (bicyclic) bond motifs is 3. The Hall–Kier alpha value is -7.87. The van der Waals surface area contributed by atoms with Gasteiger partial charge >= 0.3 is 0 Å². The Morgan fingerprint density at radius 1 is 0.368 bits per heavy atom. The number of rotatable bonds is 7. The molecule has 0 aliphatic heterocycles. The lowest BCUT2D eigenvalue weighted by atomic mass is 9.98. The molecule has 4 heteroatoms. The second-order valence-corrected chi connectivity index (χ2v) is 14.1. The molecular formula is C53H34N4. The molecule has 0 fully saturated rings. The summed E-state index contributed by atoms with van der Waals surface area (Å²) >= 11 is 0. The highest BCUT2D eigenvalue weighted by Gasteiger charge is 2.18. The Morgan fingerprint density at radius 2 is 0.895 bits per heavy atom. The van der Waals surface area contributed by atoms with E-state index in [4.69, 9.17) is 16.5 Å². The van der Waals surface area contributed by atoms with Crippen LogP contribution < -0.4 is 0 Å². The molecule has 57 heavy (non-hydrogen) atoms. The zero-order valence-corrected chi connectivity index (χ0v) is 30.9. The third kappa shape index (κ3) is 6.34. The fraction of sp³-hybridized carbons (Fsp3) is 0. The van der Waals surface area contributed by atoms with Crippen molar-refractivity contribution in [2.75, 3.05) is 0 Å². The fourth-order valence-corrected chi connectivity index (χ4v) is 7.87. The van der Waals surface area contributed by atoms with Crippen molar-refractivity contribution in [1.29, 1.82) is 0 Å². The Balaban J connectivity index is 1.23. The average Bonchev–Trinajstić information content (AvgIpc) is 3.63. The van der Waals surface area contributed by atoms with Gasteiger partial charge in [0.1, 0.15) is 0 Å². The molecule has 0 saturated heterocycles. The van der Waals surface area contributed by atoms with Gasteiger partial charge in [-0.15, -0.1) is 0 Å². The van der Waals surface area contributed by atoms with Crippen LogP contribution in [0, 0.1) is 6.57 Å². The van der Waals surface area contributed by atoms with Gasteiger partial charge in [0.25, 0.3) is 0 Å². The smallest absolute Gasteiger partial charge is 0.194 e. The van der Waals surface area contributed by atoms with E-state index in [0.29, 0.717) is 11.5 Å². The van der Waals surface area contributed by atoms with Gasteiger partial charge in [-0.2, -0.15) is 0 Å².